The highest BCUT2D eigenvalue weighted by atomic mass is 16.5. The number of carbonyl (C=O) groups excluding carboxylic acids is 1. The van der Waals surface area contributed by atoms with Gasteiger partial charge >= 0.3 is 0 Å². The predicted octanol–water partition coefficient (Wildman–Crippen LogP) is 2.76. The third kappa shape index (κ3) is 4.63. The first-order valence-corrected chi connectivity index (χ1v) is 9.56. The first-order chi connectivity index (χ1) is 13.1. The zero-order valence-electron chi connectivity index (χ0n) is 16.3. The van der Waals surface area contributed by atoms with Crippen molar-refractivity contribution in [1.82, 2.24) is 15.3 Å². The standard InChI is InChI=1S/C21H28N4O2/c1-4-7-16-8-5-6-9-19(16)21(26)22-12-17-11-18(27-3)13-25(17)20-10-15(2)23-14-24-20/h5-6,8-10,14,17-18H,4,7,11-13H2,1-3H3,(H,22,26)/t17-,18-/m0/s1. The summed E-state index contributed by atoms with van der Waals surface area (Å²) in [6, 6.07) is 9.96. The fourth-order valence-electron chi connectivity index (χ4n) is 3.65. The second kappa shape index (κ2) is 8.95. The van der Waals surface area contributed by atoms with Crippen molar-refractivity contribution in [2.75, 3.05) is 25.1 Å². The molecule has 1 aromatic carbocycles. The highest BCUT2D eigenvalue weighted by Gasteiger charge is 2.33. The fraction of sp³-hybridized carbons (Fsp3) is 0.476. The van der Waals surface area contributed by atoms with E-state index in [0.717, 1.165) is 48.4 Å². The van der Waals surface area contributed by atoms with Gasteiger partial charge in [0, 0.05) is 37.5 Å². The van der Waals surface area contributed by atoms with E-state index in [4.69, 9.17) is 4.74 Å². The smallest absolute Gasteiger partial charge is 0.251 e. The Morgan fingerprint density at radius 3 is 2.89 bits per heavy atom. The van der Waals surface area contributed by atoms with E-state index in [2.05, 4.69) is 27.1 Å². The minimum atomic E-state index is -0.0151. The summed E-state index contributed by atoms with van der Waals surface area (Å²) in [5.41, 5.74) is 2.80. The van der Waals surface area contributed by atoms with E-state index in [-0.39, 0.29) is 18.1 Å². The van der Waals surface area contributed by atoms with E-state index in [9.17, 15) is 4.79 Å². The van der Waals surface area contributed by atoms with Crippen LogP contribution in [0.15, 0.2) is 36.7 Å². The molecule has 6 heteroatoms. The largest absolute Gasteiger partial charge is 0.380 e. The Hall–Kier alpha value is -2.47. The molecule has 1 aliphatic rings. The van der Waals surface area contributed by atoms with Gasteiger partial charge in [-0.25, -0.2) is 9.97 Å². The summed E-state index contributed by atoms with van der Waals surface area (Å²) in [5, 5.41) is 3.12. The molecule has 0 spiro atoms. The van der Waals surface area contributed by atoms with Crippen LogP contribution in [0.25, 0.3) is 0 Å². The van der Waals surface area contributed by atoms with Gasteiger partial charge in [-0.3, -0.25) is 4.79 Å². The minimum absolute atomic E-state index is 0.0151. The van der Waals surface area contributed by atoms with Gasteiger partial charge in [-0.1, -0.05) is 31.5 Å². The van der Waals surface area contributed by atoms with Gasteiger partial charge in [-0.2, -0.15) is 0 Å². The molecule has 2 aromatic rings. The van der Waals surface area contributed by atoms with Crippen LogP contribution in [0.2, 0.25) is 0 Å². The van der Waals surface area contributed by atoms with Crippen LogP contribution in [-0.4, -0.2) is 48.2 Å². The van der Waals surface area contributed by atoms with Crippen LogP contribution in [0, 0.1) is 6.92 Å². The Kier molecular flexibility index (Phi) is 6.40. The number of nitrogens with one attached hydrogen (secondary N) is 1. The first-order valence-electron chi connectivity index (χ1n) is 9.56. The van der Waals surface area contributed by atoms with E-state index >= 15 is 0 Å². The van der Waals surface area contributed by atoms with Crippen LogP contribution in [0.5, 0.6) is 0 Å². The van der Waals surface area contributed by atoms with Crippen LogP contribution in [-0.2, 0) is 11.2 Å². The van der Waals surface area contributed by atoms with Gasteiger partial charge in [-0.05, 0) is 31.4 Å². The molecule has 3 rings (SSSR count). The Morgan fingerprint density at radius 2 is 2.15 bits per heavy atom. The quantitative estimate of drug-likeness (QED) is 0.814. The van der Waals surface area contributed by atoms with Gasteiger partial charge in [0.2, 0.25) is 0 Å². The van der Waals surface area contributed by atoms with Crippen molar-refractivity contribution in [3.8, 4) is 0 Å². The average molecular weight is 368 g/mol. The van der Waals surface area contributed by atoms with Gasteiger partial charge in [0.05, 0.1) is 12.1 Å². The topological polar surface area (TPSA) is 67.3 Å². The minimum Gasteiger partial charge on any atom is -0.380 e. The van der Waals surface area contributed by atoms with Crippen molar-refractivity contribution in [2.24, 2.45) is 0 Å². The molecule has 1 saturated heterocycles. The second-order valence-electron chi connectivity index (χ2n) is 7.03. The summed E-state index contributed by atoms with van der Waals surface area (Å²) < 4.78 is 5.57. The maximum Gasteiger partial charge on any atom is 0.251 e. The van der Waals surface area contributed by atoms with E-state index in [1.54, 1.807) is 13.4 Å². The molecule has 1 fully saturated rings. The summed E-state index contributed by atoms with van der Waals surface area (Å²) >= 11 is 0. The average Bonchev–Trinajstić information content (AvgIpc) is 3.10. The van der Waals surface area contributed by atoms with Gasteiger partial charge in [0.1, 0.15) is 12.1 Å². The molecule has 1 amide bonds. The summed E-state index contributed by atoms with van der Waals surface area (Å²) in [6.07, 6.45) is 4.50. The maximum atomic E-state index is 12.8. The fourth-order valence-corrected chi connectivity index (χ4v) is 3.65. The number of nitrogens with zero attached hydrogens (tertiary/aromatic N) is 3. The number of rotatable bonds is 7. The van der Waals surface area contributed by atoms with Crippen molar-refractivity contribution in [1.29, 1.82) is 0 Å². The van der Waals surface area contributed by atoms with Crippen LogP contribution < -0.4 is 10.2 Å². The van der Waals surface area contributed by atoms with E-state index in [0.29, 0.717) is 6.54 Å². The zero-order chi connectivity index (χ0) is 19.2. The highest BCUT2D eigenvalue weighted by molar-refractivity contribution is 5.95. The Labute approximate surface area is 161 Å². The molecular weight excluding hydrogens is 340 g/mol. The van der Waals surface area contributed by atoms with Crippen molar-refractivity contribution < 1.29 is 9.53 Å². The lowest BCUT2D eigenvalue weighted by atomic mass is 10.0. The van der Waals surface area contributed by atoms with Gasteiger partial charge in [-0.15, -0.1) is 0 Å². The number of hydrogen-bond donors (Lipinski definition) is 1. The number of methoxy groups -OCH3 is 1. The Balaban J connectivity index is 1.70. The lowest BCUT2D eigenvalue weighted by Gasteiger charge is -2.25. The van der Waals surface area contributed by atoms with Crippen molar-refractivity contribution >= 4 is 11.7 Å². The monoisotopic (exact) mass is 368 g/mol. The molecule has 2 heterocycles. The summed E-state index contributed by atoms with van der Waals surface area (Å²) in [6.45, 7) is 5.40. The molecule has 1 aromatic heterocycles. The molecule has 0 radical (unpaired) electrons. The zero-order valence-corrected chi connectivity index (χ0v) is 16.3. The lowest BCUT2D eigenvalue weighted by molar-refractivity contribution is 0.0945. The summed E-state index contributed by atoms with van der Waals surface area (Å²) in [4.78, 5) is 23.6. The predicted molar refractivity (Wildman–Crippen MR) is 106 cm³/mol. The van der Waals surface area contributed by atoms with E-state index < -0.39 is 0 Å². The van der Waals surface area contributed by atoms with E-state index in [1.165, 1.54) is 0 Å². The molecule has 0 aliphatic carbocycles. The Morgan fingerprint density at radius 1 is 1.33 bits per heavy atom. The summed E-state index contributed by atoms with van der Waals surface area (Å²) in [7, 11) is 1.73. The SMILES string of the molecule is CCCc1ccccc1C(=O)NC[C@@H]1C[C@H](OC)CN1c1cc(C)ncn1. The van der Waals surface area contributed by atoms with Crippen LogP contribution in [0.4, 0.5) is 5.82 Å². The number of aromatic nitrogens is 2. The molecule has 0 unspecified atom stereocenters. The normalized spacial score (nSPS) is 19.3. The number of ether oxygens (including phenoxy) is 1. The maximum absolute atomic E-state index is 12.8. The van der Waals surface area contributed by atoms with Crippen LogP contribution in [0.3, 0.4) is 0 Å². The summed E-state index contributed by atoms with van der Waals surface area (Å²) in [5.74, 6) is 0.867. The van der Waals surface area contributed by atoms with Crippen LogP contribution in [0.1, 0.15) is 41.4 Å². The molecule has 0 bridgehead atoms. The number of benzene rings is 1. The number of hydrogen-bond acceptors (Lipinski definition) is 5. The van der Waals surface area contributed by atoms with Crippen molar-refractivity contribution in [2.45, 2.75) is 45.3 Å². The first kappa shape index (κ1) is 19.3. The molecule has 0 saturated carbocycles. The molecule has 1 aliphatic heterocycles. The third-order valence-corrected chi connectivity index (χ3v) is 5.07. The van der Waals surface area contributed by atoms with Gasteiger partial charge in [0.25, 0.3) is 5.91 Å². The molecule has 144 valence electrons. The Bertz CT molecular complexity index is 780. The van der Waals surface area contributed by atoms with E-state index in [1.807, 2.05) is 37.3 Å². The van der Waals surface area contributed by atoms with Gasteiger partial charge in [0.15, 0.2) is 0 Å². The molecule has 2 atom stereocenters. The molecule has 27 heavy (non-hydrogen) atoms. The second-order valence-corrected chi connectivity index (χ2v) is 7.03. The molecular formula is C21H28N4O2. The van der Waals surface area contributed by atoms with Gasteiger partial charge < -0.3 is 15.0 Å². The van der Waals surface area contributed by atoms with Crippen LogP contribution >= 0.6 is 0 Å². The van der Waals surface area contributed by atoms with Crippen molar-refractivity contribution in [3.63, 3.8) is 0 Å². The number of anilines is 1. The molecule has 6 nitrogen and oxygen atoms in total. The molecule has 1 N–H and O–H groups in total. The third-order valence-electron chi connectivity index (χ3n) is 5.07. The number of aryl methyl sites for hydroxylation is 2. The lowest BCUT2D eigenvalue weighted by Crippen LogP contribution is -2.40. The number of amides is 1. The van der Waals surface area contributed by atoms with Crippen molar-refractivity contribution in [3.05, 3.63) is 53.5 Å². The highest BCUT2D eigenvalue weighted by Crippen LogP contribution is 2.25. The number of carbonyl (C=O) groups is 1.